The van der Waals surface area contributed by atoms with Crippen LogP contribution in [0.15, 0.2) is 18.2 Å². The van der Waals surface area contributed by atoms with Crippen LogP contribution in [0.2, 0.25) is 0 Å². The summed E-state index contributed by atoms with van der Waals surface area (Å²) in [5, 5.41) is 10.6. The molecule has 0 aromatic heterocycles. The summed E-state index contributed by atoms with van der Waals surface area (Å²) < 4.78 is 0. The van der Waals surface area contributed by atoms with Crippen molar-refractivity contribution in [3.05, 3.63) is 28.3 Å². The maximum Gasteiger partial charge on any atom is 0.271 e. The topological polar surface area (TPSA) is 83.8 Å². The first kappa shape index (κ1) is 12.6. The van der Waals surface area contributed by atoms with Crippen LogP contribution in [-0.4, -0.2) is 31.8 Å². The fourth-order valence-corrected chi connectivity index (χ4v) is 1.32. The Balaban J connectivity index is 3.35. The zero-order chi connectivity index (χ0) is 13.0. The van der Waals surface area contributed by atoms with Gasteiger partial charge in [0.25, 0.3) is 5.69 Å². The van der Waals surface area contributed by atoms with Gasteiger partial charge in [-0.15, -0.1) is 0 Å². The molecule has 0 fully saturated rings. The van der Waals surface area contributed by atoms with Crippen molar-refractivity contribution in [2.45, 2.75) is 0 Å². The predicted molar refractivity (Wildman–Crippen MR) is 62.0 cm³/mol. The van der Waals surface area contributed by atoms with Crippen LogP contribution in [-0.2, 0) is 9.59 Å². The van der Waals surface area contributed by atoms with E-state index in [0.717, 1.165) is 0 Å². The average molecular weight is 237 g/mol. The highest BCUT2D eigenvalue weighted by atomic mass is 16.6. The number of amides is 2. The molecular weight excluding hydrogens is 226 g/mol. The standard InChI is InChI=1S/C10H11N3O4/c1-11(6-14)9-4-3-8(13(16)17)5-10(9)12(2)7-15/h3-7H,1-2H3. The van der Waals surface area contributed by atoms with Gasteiger partial charge in [-0.1, -0.05) is 0 Å². The van der Waals surface area contributed by atoms with Gasteiger partial charge in [0.05, 0.1) is 16.3 Å². The molecule has 0 aliphatic rings. The van der Waals surface area contributed by atoms with E-state index in [4.69, 9.17) is 0 Å². The Morgan fingerprint density at radius 2 is 1.65 bits per heavy atom. The zero-order valence-corrected chi connectivity index (χ0v) is 9.36. The second-order valence-corrected chi connectivity index (χ2v) is 3.36. The molecule has 7 nitrogen and oxygen atoms in total. The van der Waals surface area contributed by atoms with Crippen molar-refractivity contribution in [3.63, 3.8) is 0 Å². The first-order chi connectivity index (χ1) is 8.01. The van der Waals surface area contributed by atoms with Gasteiger partial charge in [-0.2, -0.15) is 0 Å². The van der Waals surface area contributed by atoms with Gasteiger partial charge in [0.2, 0.25) is 12.8 Å². The Bertz CT molecular complexity index is 461. The molecule has 1 rings (SSSR count). The van der Waals surface area contributed by atoms with Crippen LogP contribution in [0.25, 0.3) is 0 Å². The first-order valence-corrected chi connectivity index (χ1v) is 4.66. The van der Waals surface area contributed by atoms with Gasteiger partial charge in [-0.3, -0.25) is 19.7 Å². The van der Waals surface area contributed by atoms with E-state index in [0.29, 0.717) is 24.2 Å². The number of hydrogen-bond acceptors (Lipinski definition) is 4. The van der Waals surface area contributed by atoms with Crippen LogP contribution in [0, 0.1) is 10.1 Å². The quantitative estimate of drug-likeness (QED) is 0.430. The SMILES string of the molecule is CN(C=O)c1ccc([N+](=O)[O-])cc1N(C)C=O. The maximum absolute atomic E-state index is 10.7. The molecule has 90 valence electrons. The number of non-ortho nitro benzene ring substituents is 1. The summed E-state index contributed by atoms with van der Waals surface area (Å²) in [5.74, 6) is 0. The highest BCUT2D eigenvalue weighted by molar-refractivity contribution is 5.90. The van der Waals surface area contributed by atoms with Crippen molar-refractivity contribution < 1.29 is 14.5 Å². The lowest BCUT2D eigenvalue weighted by atomic mass is 10.2. The number of anilines is 2. The second kappa shape index (κ2) is 5.06. The van der Waals surface area contributed by atoms with E-state index in [1.807, 2.05) is 0 Å². The summed E-state index contributed by atoms with van der Waals surface area (Å²) in [5.41, 5.74) is 0.570. The van der Waals surface area contributed by atoms with Gasteiger partial charge in [0, 0.05) is 26.2 Å². The van der Waals surface area contributed by atoms with Gasteiger partial charge in [0.1, 0.15) is 0 Å². The van der Waals surface area contributed by atoms with Crippen LogP contribution in [0.5, 0.6) is 0 Å². The number of benzene rings is 1. The number of nitro groups is 1. The Morgan fingerprint density at radius 1 is 1.12 bits per heavy atom. The molecular formula is C10H11N3O4. The summed E-state index contributed by atoms with van der Waals surface area (Å²) in [6, 6.07) is 3.93. The van der Waals surface area contributed by atoms with Gasteiger partial charge >= 0.3 is 0 Å². The van der Waals surface area contributed by atoms with E-state index >= 15 is 0 Å². The van der Waals surface area contributed by atoms with Crippen LogP contribution < -0.4 is 9.80 Å². The van der Waals surface area contributed by atoms with E-state index in [-0.39, 0.29) is 5.69 Å². The molecule has 1 aromatic carbocycles. The Hall–Kier alpha value is -2.44. The molecule has 0 N–H and O–H groups in total. The van der Waals surface area contributed by atoms with E-state index in [9.17, 15) is 19.7 Å². The molecule has 0 heterocycles. The Labute approximate surface area is 97.4 Å². The van der Waals surface area contributed by atoms with Gasteiger partial charge in [-0.25, -0.2) is 0 Å². The number of carbonyl (C=O) groups is 2. The van der Waals surface area contributed by atoms with Gasteiger partial charge in [0.15, 0.2) is 0 Å². The molecule has 0 bridgehead atoms. The second-order valence-electron chi connectivity index (χ2n) is 3.36. The van der Waals surface area contributed by atoms with Crippen LogP contribution in [0.3, 0.4) is 0 Å². The van der Waals surface area contributed by atoms with Crippen LogP contribution in [0.4, 0.5) is 17.1 Å². The predicted octanol–water partition coefficient (Wildman–Crippen LogP) is 0.780. The smallest absolute Gasteiger partial charge is 0.271 e. The molecule has 0 aliphatic heterocycles. The van der Waals surface area contributed by atoms with Crippen LogP contribution >= 0.6 is 0 Å². The van der Waals surface area contributed by atoms with E-state index in [1.54, 1.807) is 0 Å². The summed E-state index contributed by atoms with van der Waals surface area (Å²) in [4.78, 5) is 33.8. The summed E-state index contributed by atoms with van der Waals surface area (Å²) in [6.07, 6.45) is 1.07. The summed E-state index contributed by atoms with van der Waals surface area (Å²) in [7, 11) is 2.95. The fraction of sp³-hybridized carbons (Fsp3) is 0.200. The first-order valence-electron chi connectivity index (χ1n) is 4.66. The third kappa shape index (κ3) is 2.57. The van der Waals surface area contributed by atoms with Gasteiger partial charge < -0.3 is 9.80 Å². The normalized spacial score (nSPS) is 9.53. The van der Waals surface area contributed by atoms with Crippen molar-refractivity contribution in [2.24, 2.45) is 0 Å². The molecule has 2 amide bonds. The molecule has 0 unspecified atom stereocenters. The van der Waals surface area contributed by atoms with E-state index < -0.39 is 4.92 Å². The Kier molecular flexibility index (Phi) is 3.76. The summed E-state index contributed by atoms with van der Waals surface area (Å²) in [6.45, 7) is 0. The molecule has 17 heavy (non-hydrogen) atoms. The molecule has 0 atom stereocenters. The Morgan fingerprint density at radius 3 is 2.12 bits per heavy atom. The van der Waals surface area contributed by atoms with Crippen LogP contribution in [0.1, 0.15) is 0 Å². The lowest BCUT2D eigenvalue weighted by Gasteiger charge is -2.19. The third-order valence-corrected chi connectivity index (χ3v) is 2.25. The molecule has 0 aliphatic carbocycles. The number of carbonyl (C=O) groups excluding carboxylic acids is 2. The number of nitrogens with zero attached hydrogens (tertiary/aromatic N) is 3. The summed E-state index contributed by atoms with van der Waals surface area (Å²) >= 11 is 0. The zero-order valence-electron chi connectivity index (χ0n) is 9.36. The van der Waals surface area contributed by atoms with Crippen molar-refractivity contribution in [1.29, 1.82) is 0 Å². The highest BCUT2D eigenvalue weighted by Crippen LogP contribution is 2.30. The minimum atomic E-state index is -0.563. The lowest BCUT2D eigenvalue weighted by Crippen LogP contribution is -2.21. The molecule has 0 saturated carbocycles. The number of nitro benzene ring substituents is 1. The molecule has 1 aromatic rings. The molecule has 0 radical (unpaired) electrons. The largest absolute Gasteiger partial charge is 0.316 e. The number of rotatable bonds is 5. The molecule has 0 spiro atoms. The molecule has 7 heteroatoms. The average Bonchev–Trinajstić information content (AvgIpc) is 2.35. The van der Waals surface area contributed by atoms with E-state index in [2.05, 4.69) is 0 Å². The fourth-order valence-electron chi connectivity index (χ4n) is 1.32. The van der Waals surface area contributed by atoms with Crippen molar-refractivity contribution in [1.82, 2.24) is 0 Å². The number of hydrogen-bond donors (Lipinski definition) is 0. The van der Waals surface area contributed by atoms with E-state index in [1.165, 1.54) is 42.1 Å². The van der Waals surface area contributed by atoms with Crippen molar-refractivity contribution in [3.8, 4) is 0 Å². The minimum Gasteiger partial charge on any atom is -0.316 e. The third-order valence-electron chi connectivity index (χ3n) is 2.25. The maximum atomic E-state index is 10.7. The lowest BCUT2D eigenvalue weighted by molar-refractivity contribution is -0.384. The molecule has 0 saturated heterocycles. The highest BCUT2D eigenvalue weighted by Gasteiger charge is 2.15. The van der Waals surface area contributed by atoms with Crippen molar-refractivity contribution in [2.75, 3.05) is 23.9 Å². The van der Waals surface area contributed by atoms with Gasteiger partial charge in [-0.05, 0) is 6.07 Å². The minimum absolute atomic E-state index is 0.142. The monoisotopic (exact) mass is 237 g/mol. The van der Waals surface area contributed by atoms with Crippen molar-refractivity contribution >= 4 is 29.9 Å².